The average molecular weight is 263 g/mol. The Bertz CT molecular complexity index is 397. The molecule has 106 valence electrons. The molecule has 1 N–H and O–H groups in total. The molecule has 0 amide bonds. The Kier molecular flexibility index (Phi) is 5.16. The minimum Gasteiger partial charge on any atom is -0.375 e. The Labute approximate surface area is 116 Å². The van der Waals surface area contributed by atoms with Gasteiger partial charge in [-0.3, -0.25) is 0 Å². The lowest BCUT2D eigenvalue weighted by molar-refractivity contribution is 0.0381. The number of pyridine rings is 1. The van der Waals surface area contributed by atoms with E-state index in [1.54, 1.807) is 0 Å². The summed E-state index contributed by atoms with van der Waals surface area (Å²) in [6, 6.07) is 4.52. The average Bonchev–Trinajstić information content (AvgIpc) is 2.47. The summed E-state index contributed by atoms with van der Waals surface area (Å²) in [5, 5.41) is 3.47. The van der Waals surface area contributed by atoms with Crippen molar-refractivity contribution in [3.8, 4) is 0 Å². The third-order valence-corrected chi connectivity index (χ3v) is 3.69. The molecule has 0 aliphatic carbocycles. The minimum absolute atomic E-state index is 0.330. The number of nitrogens with one attached hydrogen (secondary N) is 1. The number of nitrogens with zero attached hydrogens (tertiary/aromatic N) is 2. The van der Waals surface area contributed by atoms with Crippen LogP contribution in [0.15, 0.2) is 18.3 Å². The van der Waals surface area contributed by atoms with E-state index in [1.165, 1.54) is 5.56 Å². The van der Waals surface area contributed by atoms with Gasteiger partial charge in [-0.15, -0.1) is 0 Å². The zero-order valence-electron chi connectivity index (χ0n) is 12.2. The first-order chi connectivity index (χ1) is 9.26. The van der Waals surface area contributed by atoms with E-state index in [4.69, 9.17) is 4.74 Å². The highest BCUT2D eigenvalue weighted by atomic mass is 16.5. The molecular formula is C15H25N3O. The Balaban J connectivity index is 2.18. The van der Waals surface area contributed by atoms with Gasteiger partial charge in [0.2, 0.25) is 0 Å². The molecule has 0 bridgehead atoms. The van der Waals surface area contributed by atoms with Crippen LogP contribution in [-0.2, 0) is 4.74 Å². The van der Waals surface area contributed by atoms with Crippen LogP contribution < -0.4 is 10.2 Å². The van der Waals surface area contributed by atoms with E-state index in [0.29, 0.717) is 12.1 Å². The first kappa shape index (κ1) is 14.3. The van der Waals surface area contributed by atoms with Gasteiger partial charge in [0.1, 0.15) is 5.82 Å². The van der Waals surface area contributed by atoms with Crippen LogP contribution >= 0.6 is 0 Å². The molecule has 0 radical (unpaired) electrons. The van der Waals surface area contributed by atoms with Crippen molar-refractivity contribution in [3.05, 3.63) is 23.9 Å². The predicted molar refractivity (Wildman–Crippen MR) is 78.6 cm³/mol. The Morgan fingerprint density at radius 1 is 1.53 bits per heavy atom. The molecule has 1 fully saturated rings. The fourth-order valence-electron chi connectivity index (χ4n) is 2.59. The standard InChI is InChI=1S/C15H25N3O/c1-4-13-11-18(9-10-19-13)15-14(7-6-8-17-15)12(3)16-5-2/h6-8,12-13,16H,4-5,9-11H2,1-3H3. The molecular weight excluding hydrogens is 238 g/mol. The molecule has 0 saturated carbocycles. The van der Waals surface area contributed by atoms with Crippen molar-refractivity contribution in [2.45, 2.75) is 39.3 Å². The zero-order valence-corrected chi connectivity index (χ0v) is 12.2. The molecule has 2 heterocycles. The number of rotatable bonds is 5. The Morgan fingerprint density at radius 3 is 3.11 bits per heavy atom. The number of ether oxygens (including phenoxy) is 1. The summed E-state index contributed by atoms with van der Waals surface area (Å²) in [6.07, 6.45) is 3.27. The van der Waals surface area contributed by atoms with Gasteiger partial charge in [-0.05, 0) is 26.0 Å². The van der Waals surface area contributed by atoms with Gasteiger partial charge in [0.25, 0.3) is 0 Å². The second-order valence-corrected chi connectivity index (χ2v) is 5.04. The van der Waals surface area contributed by atoms with Gasteiger partial charge in [0, 0.05) is 30.9 Å². The molecule has 1 saturated heterocycles. The van der Waals surface area contributed by atoms with Gasteiger partial charge >= 0.3 is 0 Å². The van der Waals surface area contributed by atoms with Crippen molar-refractivity contribution < 1.29 is 4.74 Å². The van der Waals surface area contributed by atoms with Gasteiger partial charge in [-0.2, -0.15) is 0 Å². The molecule has 2 rings (SSSR count). The van der Waals surface area contributed by atoms with Gasteiger partial charge in [-0.25, -0.2) is 4.98 Å². The van der Waals surface area contributed by atoms with Crippen molar-refractivity contribution in [3.63, 3.8) is 0 Å². The highest BCUT2D eigenvalue weighted by Crippen LogP contribution is 2.25. The van der Waals surface area contributed by atoms with E-state index in [1.807, 2.05) is 12.3 Å². The van der Waals surface area contributed by atoms with Crippen molar-refractivity contribution in [2.24, 2.45) is 0 Å². The maximum absolute atomic E-state index is 5.74. The summed E-state index contributed by atoms with van der Waals surface area (Å²) in [5.74, 6) is 1.11. The van der Waals surface area contributed by atoms with Crippen molar-refractivity contribution in [1.82, 2.24) is 10.3 Å². The monoisotopic (exact) mass is 263 g/mol. The normalized spacial score (nSPS) is 21.4. The maximum Gasteiger partial charge on any atom is 0.133 e. The Hall–Kier alpha value is -1.13. The third-order valence-electron chi connectivity index (χ3n) is 3.69. The van der Waals surface area contributed by atoms with E-state index < -0.39 is 0 Å². The molecule has 0 aromatic carbocycles. The molecule has 1 aromatic rings. The molecule has 19 heavy (non-hydrogen) atoms. The van der Waals surface area contributed by atoms with E-state index in [-0.39, 0.29) is 0 Å². The largest absolute Gasteiger partial charge is 0.375 e. The molecule has 1 aromatic heterocycles. The van der Waals surface area contributed by atoms with Crippen molar-refractivity contribution in [1.29, 1.82) is 0 Å². The van der Waals surface area contributed by atoms with Gasteiger partial charge in [0.15, 0.2) is 0 Å². The lowest BCUT2D eigenvalue weighted by Crippen LogP contribution is -2.43. The van der Waals surface area contributed by atoms with Gasteiger partial charge < -0.3 is 15.0 Å². The van der Waals surface area contributed by atoms with Gasteiger partial charge in [-0.1, -0.05) is 19.9 Å². The zero-order chi connectivity index (χ0) is 13.7. The van der Waals surface area contributed by atoms with Crippen LogP contribution in [0.1, 0.15) is 38.8 Å². The van der Waals surface area contributed by atoms with Crippen LogP contribution in [0.2, 0.25) is 0 Å². The van der Waals surface area contributed by atoms with Crippen LogP contribution in [0.4, 0.5) is 5.82 Å². The van der Waals surface area contributed by atoms with Crippen LogP contribution in [0.25, 0.3) is 0 Å². The van der Waals surface area contributed by atoms with E-state index >= 15 is 0 Å². The lowest BCUT2D eigenvalue weighted by Gasteiger charge is -2.35. The molecule has 1 aliphatic rings. The SMILES string of the molecule is CCNC(C)c1cccnc1N1CCOC(CC)C1. The molecule has 4 nitrogen and oxygen atoms in total. The molecule has 0 spiro atoms. The fourth-order valence-corrected chi connectivity index (χ4v) is 2.59. The number of morpholine rings is 1. The molecule has 2 unspecified atom stereocenters. The topological polar surface area (TPSA) is 37.4 Å². The van der Waals surface area contributed by atoms with Gasteiger partial charge in [0.05, 0.1) is 12.7 Å². The first-order valence-electron chi connectivity index (χ1n) is 7.31. The first-order valence-corrected chi connectivity index (χ1v) is 7.31. The minimum atomic E-state index is 0.330. The van der Waals surface area contributed by atoms with Crippen LogP contribution in [0.3, 0.4) is 0 Å². The summed E-state index contributed by atoms with van der Waals surface area (Å²) < 4.78 is 5.74. The van der Waals surface area contributed by atoms with Crippen LogP contribution in [0.5, 0.6) is 0 Å². The number of hydrogen-bond donors (Lipinski definition) is 1. The van der Waals surface area contributed by atoms with Crippen LogP contribution in [-0.4, -0.2) is 37.3 Å². The van der Waals surface area contributed by atoms with Crippen molar-refractivity contribution >= 4 is 5.82 Å². The van der Waals surface area contributed by atoms with Crippen molar-refractivity contribution in [2.75, 3.05) is 31.1 Å². The van der Waals surface area contributed by atoms with E-state index in [0.717, 1.165) is 38.5 Å². The third kappa shape index (κ3) is 3.45. The van der Waals surface area contributed by atoms with Crippen LogP contribution in [0, 0.1) is 0 Å². The second-order valence-electron chi connectivity index (χ2n) is 5.04. The molecule has 1 aliphatic heterocycles. The summed E-state index contributed by atoms with van der Waals surface area (Å²) in [7, 11) is 0. The van der Waals surface area contributed by atoms with E-state index in [9.17, 15) is 0 Å². The summed E-state index contributed by atoms with van der Waals surface area (Å²) in [5.41, 5.74) is 1.28. The van der Waals surface area contributed by atoms with E-state index in [2.05, 4.69) is 42.0 Å². The smallest absolute Gasteiger partial charge is 0.133 e. The number of anilines is 1. The quantitative estimate of drug-likeness (QED) is 0.885. The lowest BCUT2D eigenvalue weighted by atomic mass is 10.1. The Morgan fingerprint density at radius 2 is 2.37 bits per heavy atom. The molecule has 2 atom stereocenters. The summed E-state index contributed by atoms with van der Waals surface area (Å²) in [4.78, 5) is 6.97. The highest BCUT2D eigenvalue weighted by molar-refractivity contribution is 5.48. The molecule has 4 heteroatoms. The summed E-state index contributed by atoms with van der Waals surface area (Å²) >= 11 is 0. The second kappa shape index (κ2) is 6.87. The summed E-state index contributed by atoms with van der Waals surface area (Å²) in [6.45, 7) is 10.1. The maximum atomic E-state index is 5.74. The number of hydrogen-bond acceptors (Lipinski definition) is 4. The number of aromatic nitrogens is 1. The fraction of sp³-hybridized carbons (Fsp3) is 0.667. The highest BCUT2D eigenvalue weighted by Gasteiger charge is 2.23. The predicted octanol–water partition coefficient (Wildman–Crippen LogP) is 2.37.